The van der Waals surface area contributed by atoms with Crippen molar-refractivity contribution in [3.8, 4) is 0 Å². The number of amides is 1. The molecule has 21 heavy (non-hydrogen) atoms. The van der Waals surface area contributed by atoms with Gasteiger partial charge in [-0.1, -0.05) is 43.2 Å². The average molecular weight is 291 g/mol. The van der Waals surface area contributed by atoms with Crippen LogP contribution in [0.1, 0.15) is 52.0 Å². The smallest absolute Gasteiger partial charge is 0.407 e. The van der Waals surface area contributed by atoms with Crippen molar-refractivity contribution in [1.29, 1.82) is 0 Å². The van der Waals surface area contributed by atoms with Gasteiger partial charge in [0.25, 0.3) is 0 Å². The van der Waals surface area contributed by atoms with E-state index in [0.29, 0.717) is 6.42 Å². The average Bonchev–Trinajstić information content (AvgIpc) is 2.40. The van der Waals surface area contributed by atoms with Gasteiger partial charge in [-0.25, -0.2) is 4.79 Å². The first kappa shape index (κ1) is 15.8. The minimum atomic E-state index is -1.02. The summed E-state index contributed by atoms with van der Waals surface area (Å²) in [6, 6.07) is 9.25. The Labute approximate surface area is 126 Å². The highest BCUT2D eigenvalue weighted by Gasteiger charge is 2.41. The van der Waals surface area contributed by atoms with E-state index in [9.17, 15) is 9.90 Å². The van der Waals surface area contributed by atoms with Gasteiger partial charge in [0.05, 0.1) is 6.04 Å². The molecule has 0 spiro atoms. The van der Waals surface area contributed by atoms with Crippen LogP contribution in [0.2, 0.25) is 0 Å². The van der Waals surface area contributed by atoms with Crippen molar-refractivity contribution in [3.63, 3.8) is 0 Å². The second kappa shape index (κ2) is 6.06. The van der Waals surface area contributed by atoms with Crippen molar-refractivity contribution in [2.45, 2.75) is 63.7 Å². The number of carbonyl (C=O) groups excluding carboxylic acids is 1. The zero-order valence-corrected chi connectivity index (χ0v) is 13.1. The highest BCUT2D eigenvalue weighted by Crippen LogP contribution is 2.37. The summed E-state index contributed by atoms with van der Waals surface area (Å²) in [7, 11) is 0. The molecule has 0 saturated heterocycles. The van der Waals surface area contributed by atoms with Crippen LogP contribution in [0.5, 0.6) is 0 Å². The molecule has 1 aromatic carbocycles. The van der Waals surface area contributed by atoms with Gasteiger partial charge in [0.1, 0.15) is 11.2 Å². The Hall–Kier alpha value is -1.55. The summed E-state index contributed by atoms with van der Waals surface area (Å²) in [5.74, 6) is 0. The molecule has 0 aliphatic heterocycles. The number of rotatable bonds is 2. The Morgan fingerprint density at radius 2 is 1.95 bits per heavy atom. The molecule has 1 amide bonds. The first-order valence-electron chi connectivity index (χ1n) is 7.59. The minimum Gasteiger partial charge on any atom is -0.444 e. The summed E-state index contributed by atoms with van der Waals surface area (Å²) in [6.45, 7) is 5.49. The van der Waals surface area contributed by atoms with Crippen molar-refractivity contribution >= 4 is 6.09 Å². The van der Waals surface area contributed by atoms with Gasteiger partial charge in [0, 0.05) is 0 Å². The van der Waals surface area contributed by atoms with Crippen LogP contribution in [0.4, 0.5) is 4.79 Å². The fourth-order valence-electron chi connectivity index (χ4n) is 2.87. The molecule has 1 fully saturated rings. The molecular formula is C17H25NO3. The van der Waals surface area contributed by atoms with E-state index >= 15 is 0 Å². The lowest BCUT2D eigenvalue weighted by Gasteiger charge is -2.40. The number of carbonyl (C=O) groups is 1. The lowest BCUT2D eigenvalue weighted by atomic mass is 9.76. The Morgan fingerprint density at radius 3 is 2.57 bits per heavy atom. The number of hydrogen-bond donors (Lipinski definition) is 2. The summed E-state index contributed by atoms with van der Waals surface area (Å²) in [6.07, 6.45) is 2.89. The van der Waals surface area contributed by atoms with Crippen LogP contribution in [-0.2, 0) is 10.3 Å². The monoisotopic (exact) mass is 291 g/mol. The quantitative estimate of drug-likeness (QED) is 0.878. The van der Waals surface area contributed by atoms with E-state index in [0.717, 1.165) is 24.8 Å². The van der Waals surface area contributed by atoms with Crippen molar-refractivity contribution in [2.24, 2.45) is 0 Å². The standard InChI is InChI=1S/C17H25NO3/c1-16(2,3)21-15(19)18-14-11-7-8-12-17(14,20)13-9-5-4-6-10-13/h4-6,9-10,14,20H,7-8,11-12H2,1-3H3,(H,18,19)/t14-,17+/m1/s1. The molecule has 116 valence electrons. The molecule has 1 aromatic rings. The maximum atomic E-state index is 12.0. The van der Waals surface area contributed by atoms with Crippen LogP contribution < -0.4 is 5.32 Å². The molecule has 4 nitrogen and oxygen atoms in total. The molecule has 1 aliphatic carbocycles. The first-order chi connectivity index (χ1) is 9.81. The third-order valence-electron chi connectivity index (χ3n) is 3.84. The van der Waals surface area contributed by atoms with Crippen LogP contribution >= 0.6 is 0 Å². The van der Waals surface area contributed by atoms with Gasteiger partial charge >= 0.3 is 6.09 Å². The van der Waals surface area contributed by atoms with Gasteiger partial charge in [-0.05, 0) is 39.2 Å². The Kier molecular flexibility index (Phi) is 4.57. The lowest BCUT2D eigenvalue weighted by molar-refractivity contribution is -0.0364. The fraction of sp³-hybridized carbons (Fsp3) is 0.588. The second-order valence-corrected chi connectivity index (χ2v) is 6.73. The van der Waals surface area contributed by atoms with E-state index < -0.39 is 17.3 Å². The van der Waals surface area contributed by atoms with E-state index in [1.165, 1.54) is 0 Å². The normalized spacial score (nSPS) is 26.2. The second-order valence-electron chi connectivity index (χ2n) is 6.73. The SMILES string of the molecule is CC(C)(C)OC(=O)N[C@@H]1CCCC[C@]1(O)c1ccccc1. The zero-order valence-electron chi connectivity index (χ0n) is 13.1. The molecule has 2 N–H and O–H groups in total. The third-order valence-corrected chi connectivity index (χ3v) is 3.84. The van der Waals surface area contributed by atoms with Gasteiger partial charge in [-0.2, -0.15) is 0 Å². The Bertz CT molecular complexity index is 481. The summed E-state index contributed by atoms with van der Waals surface area (Å²) >= 11 is 0. The topological polar surface area (TPSA) is 58.6 Å². The first-order valence-corrected chi connectivity index (χ1v) is 7.59. The van der Waals surface area contributed by atoms with Crippen LogP contribution in [-0.4, -0.2) is 22.8 Å². The lowest BCUT2D eigenvalue weighted by Crippen LogP contribution is -2.53. The molecule has 0 bridgehead atoms. The number of alkyl carbamates (subject to hydrolysis) is 1. The predicted molar refractivity (Wildman–Crippen MR) is 82.0 cm³/mol. The van der Waals surface area contributed by atoms with E-state index in [4.69, 9.17) is 4.74 Å². The van der Waals surface area contributed by atoms with Crippen molar-refractivity contribution in [1.82, 2.24) is 5.32 Å². The minimum absolute atomic E-state index is 0.316. The van der Waals surface area contributed by atoms with E-state index in [1.807, 2.05) is 51.1 Å². The van der Waals surface area contributed by atoms with Crippen LogP contribution in [0.25, 0.3) is 0 Å². The molecule has 2 atom stereocenters. The van der Waals surface area contributed by atoms with Crippen molar-refractivity contribution < 1.29 is 14.6 Å². The summed E-state index contributed by atoms with van der Waals surface area (Å²) in [5.41, 5.74) is -0.703. The number of hydrogen-bond acceptors (Lipinski definition) is 3. The maximum absolute atomic E-state index is 12.0. The largest absolute Gasteiger partial charge is 0.444 e. The van der Waals surface area contributed by atoms with E-state index in [2.05, 4.69) is 5.32 Å². The van der Waals surface area contributed by atoms with Crippen LogP contribution in [0.3, 0.4) is 0 Å². The van der Waals surface area contributed by atoms with E-state index in [-0.39, 0.29) is 6.04 Å². The molecular weight excluding hydrogens is 266 g/mol. The van der Waals surface area contributed by atoms with Gasteiger partial charge in [-0.3, -0.25) is 0 Å². The third kappa shape index (κ3) is 3.97. The molecule has 2 rings (SSSR count). The summed E-state index contributed by atoms with van der Waals surface area (Å²) < 4.78 is 5.31. The maximum Gasteiger partial charge on any atom is 0.407 e. The van der Waals surface area contributed by atoms with Crippen LogP contribution in [0.15, 0.2) is 30.3 Å². The Morgan fingerprint density at radius 1 is 1.29 bits per heavy atom. The van der Waals surface area contributed by atoms with Gasteiger partial charge in [0.2, 0.25) is 0 Å². The number of benzene rings is 1. The molecule has 1 aliphatic rings. The zero-order chi connectivity index (χ0) is 15.5. The molecule has 0 radical (unpaired) electrons. The number of aliphatic hydroxyl groups is 1. The molecule has 0 unspecified atom stereocenters. The highest BCUT2D eigenvalue weighted by atomic mass is 16.6. The van der Waals surface area contributed by atoms with Gasteiger partial charge in [-0.15, -0.1) is 0 Å². The summed E-state index contributed by atoms with van der Waals surface area (Å²) in [4.78, 5) is 12.0. The van der Waals surface area contributed by atoms with Crippen molar-refractivity contribution in [2.75, 3.05) is 0 Å². The highest BCUT2D eigenvalue weighted by molar-refractivity contribution is 5.68. The molecule has 4 heteroatoms. The van der Waals surface area contributed by atoms with Crippen molar-refractivity contribution in [3.05, 3.63) is 35.9 Å². The number of ether oxygens (including phenoxy) is 1. The van der Waals surface area contributed by atoms with Gasteiger partial charge < -0.3 is 15.2 Å². The molecule has 0 heterocycles. The fourth-order valence-corrected chi connectivity index (χ4v) is 2.87. The van der Waals surface area contributed by atoms with E-state index in [1.54, 1.807) is 0 Å². The number of nitrogens with one attached hydrogen (secondary N) is 1. The van der Waals surface area contributed by atoms with Crippen LogP contribution in [0, 0.1) is 0 Å². The Balaban J connectivity index is 2.14. The van der Waals surface area contributed by atoms with Gasteiger partial charge in [0.15, 0.2) is 0 Å². The predicted octanol–water partition coefficient (Wildman–Crippen LogP) is 3.34. The molecule has 1 saturated carbocycles. The molecule has 0 aromatic heterocycles. The summed E-state index contributed by atoms with van der Waals surface area (Å²) in [5, 5.41) is 13.9.